The number of likely N-dealkylation sites (N-methyl/N-ethyl adjacent to an activating group) is 1. The number of aliphatic hydroxyl groups is 1. The van der Waals surface area contributed by atoms with Crippen LogP contribution in [0.3, 0.4) is 0 Å². The maximum atomic E-state index is 12.0. The lowest BCUT2D eigenvalue weighted by atomic mass is 10.1. The Labute approximate surface area is 132 Å². The summed E-state index contributed by atoms with van der Waals surface area (Å²) in [6, 6.07) is 8.21. The summed E-state index contributed by atoms with van der Waals surface area (Å²) >= 11 is 0. The van der Waals surface area contributed by atoms with E-state index < -0.39 is 0 Å². The van der Waals surface area contributed by atoms with Crippen LogP contribution in [-0.2, 0) is 6.42 Å². The largest absolute Gasteiger partial charge is 0.391 e. The van der Waals surface area contributed by atoms with E-state index in [4.69, 9.17) is 0 Å². The molecule has 5 nitrogen and oxygen atoms in total. The molecule has 1 unspecified atom stereocenters. The normalized spacial score (nSPS) is 15.3. The minimum absolute atomic E-state index is 0.121. The molecule has 2 N–H and O–H groups in total. The Bertz CT molecular complexity index is 483. The van der Waals surface area contributed by atoms with Crippen molar-refractivity contribution in [3.05, 3.63) is 29.8 Å². The number of urea groups is 1. The highest BCUT2D eigenvalue weighted by Crippen LogP contribution is 2.32. The second-order valence-electron chi connectivity index (χ2n) is 6.33. The summed E-state index contributed by atoms with van der Waals surface area (Å²) in [4.78, 5) is 15.6. The summed E-state index contributed by atoms with van der Waals surface area (Å²) < 4.78 is 0. The molecule has 5 heteroatoms. The van der Waals surface area contributed by atoms with Crippen LogP contribution in [0, 0.1) is 5.92 Å². The van der Waals surface area contributed by atoms with E-state index in [0.717, 1.165) is 19.3 Å². The molecular weight excluding hydrogens is 278 g/mol. The molecule has 1 aromatic carbocycles. The third-order valence-electron chi connectivity index (χ3n) is 4.12. The molecule has 1 aliphatic carbocycles. The summed E-state index contributed by atoms with van der Waals surface area (Å²) in [5.74, 6) is 0.394. The summed E-state index contributed by atoms with van der Waals surface area (Å²) in [5.41, 5.74) is 2.37. The van der Waals surface area contributed by atoms with Crippen LogP contribution in [0.25, 0.3) is 0 Å². The lowest BCUT2D eigenvalue weighted by molar-refractivity contribution is 0.113. The topological polar surface area (TPSA) is 55.8 Å². The second kappa shape index (κ2) is 7.49. The summed E-state index contributed by atoms with van der Waals surface area (Å²) in [5, 5.41) is 12.8. The van der Waals surface area contributed by atoms with Crippen molar-refractivity contribution in [3.8, 4) is 0 Å². The van der Waals surface area contributed by atoms with Crippen LogP contribution in [0.2, 0.25) is 0 Å². The van der Waals surface area contributed by atoms with Gasteiger partial charge in [-0.15, -0.1) is 0 Å². The quantitative estimate of drug-likeness (QED) is 0.806. The lowest BCUT2D eigenvalue weighted by Gasteiger charge is -2.21. The number of hydrogen-bond acceptors (Lipinski definition) is 3. The summed E-state index contributed by atoms with van der Waals surface area (Å²) in [7, 11) is 5.76. The first kappa shape index (κ1) is 16.6. The number of carbonyl (C=O) groups is 1. The van der Waals surface area contributed by atoms with E-state index in [1.165, 1.54) is 11.3 Å². The highest BCUT2D eigenvalue weighted by molar-refractivity contribution is 5.73. The zero-order valence-corrected chi connectivity index (χ0v) is 13.7. The maximum absolute atomic E-state index is 12.0. The van der Waals surface area contributed by atoms with Crippen molar-refractivity contribution in [2.24, 2.45) is 5.92 Å². The molecule has 0 heterocycles. The van der Waals surface area contributed by atoms with Gasteiger partial charge in [0.2, 0.25) is 0 Å². The third kappa shape index (κ3) is 4.91. The molecule has 0 saturated heterocycles. The minimum atomic E-state index is -0.380. The molecule has 0 bridgehead atoms. The predicted molar refractivity (Wildman–Crippen MR) is 89.2 cm³/mol. The van der Waals surface area contributed by atoms with Crippen molar-refractivity contribution in [2.45, 2.75) is 25.4 Å². The Kier molecular flexibility index (Phi) is 5.66. The van der Waals surface area contributed by atoms with Gasteiger partial charge in [-0.2, -0.15) is 0 Å². The first-order valence-corrected chi connectivity index (χ1v) is 7.90. The number of hydrogen-bond donors (Lipinski definition) is 2. The summed E-state index contributed by atoms with van der Waals surface area (Å²) in [6.45, 7) is 1.01. The van der Waals surface area contributed by atoms with Gasteiger partial charge in [0.25, 0.3) is 0 Å². The average Bonchev–Trinajstić information content (AvgIpc) is 3.32. The van der Waals surface area contributed by atoms with Gasteiger partial charge in [0.15, 0.2) is 0 Å². The van der Waals surface area contributed by atoms with Crippen LogP contribution < -0.4 is 10.2 Å². The second-order valence-corrected chi connectivity index (χ2v) is 6.33. The molecule has 1 aromatic rings. The lowest BCUT2D eigenvalue weighted by Crippen LogP contribution is -2.42. The van der Waals surface area contributed by atoms with Gasteiger partial charge in [-0.1, -0.05) is 12.1 Å². The molecule has 0 aliphatic heterocycles. The minimum Gasteiger partial charge on any atom is -0.391 e. The van der Waals surface area contributed by atoms with Crippen LogP contribution in [-0.4, -0.2) is 56.4 Å². The number of benzene rings is 1. The molecule has 122 valence electrons. The van der Waals surface area contributed by atoms with Crippen molar-refractivity contribution >= 4 is 11.7 Å². The fourth-order valence-electron chi connectivity index (χ4n) is 2.40. The SMILES string of the molecule is CN(CC(O)C1CC1)C(=O)NCCc1ccc(N(C)C)cc1. The first-order chi connectivity index (χ1) is 10.5. The molecule has 0 aromatic heterocycles. The Morgan fingerprint density at radius 1 is 1.27 bits per heavy atom. The Morgan fingerprint density at radius 2 is 1.91 bits per heavy atom. The van der Waals surface area contributed by atoms with Gasteiger partial charge in [0.05, 0.1) is 6.10 Å². The van der Waals surface area contributed by atoms with Crippen molar-refractivity contribution in [3.63, 3.8) is 0 Å². The smallest absolute Gasteiger partial charge is 0.317 e. The molecule has 1 aliphatic rings. The fraction of sp³-hybridized carbons (Fsp3) is 0.588. The van der Waals surface area contributed by atoms with Crippen LogP contribution in [0.15, 0.2) is 24.3 Å². The van der Waals surface area contributed by atoms with Gasteiger partial charge in [0.1, 0.15) is 0 Å². The zero-order valence-electron chi connectivity index (χ0n) is 13.7. The molecule has 2 amide bonds. The number of nitrogens with zero attached hydrogens (tertiary/aromatic N) is 2. The van der Waals surface area contributed by atoms with Gasteiger partial charge >= 0.3 is 6.03 Å². The van der Waals surface area contributed by atoms with E-state index in [0.29, 0.717) is 19.0 Å². The fourth-order valence-corrected chi connectivity index (χ4v) is 2.40. The predicted octanol–water partition coefficient (Wildman–Crippen LogP) is 1.71. The van der Waals surface area contributed by atoms with Crippen molar-refractivity contribution in [2.75, 3.05) is 39.1 Å². The molecule has 1 saturated carbocycles. The monoisotopic (exact) mass is 305 g/mol. The molecular formula is C17H27N3O2. The van der Waals surface area contributed by atoms with Gasteiger partial charge in [0, 0.05) is 39.9 Å². The van der Waals surface area contributed by atoms with Crippen LogP contribution >= 0.6 is 0 Å². The first-order valence-electron chi connectivity index (χ1n) is 7.90. The number of aliphatic hydroxyl groups excluding tert-OH is 1. The number of anilines is 1. The molecule has 1 atom stereocenters. The van der Waals surface area contributed by atoms with Crippen molar-refractivity contribution in [1.82, 2.24) is 10.2 Å². The summed E-state index contributed by atoms with van der Waals surface area (Å²) in [6.07, 6.45) is 2.59. The third-order valence-corrected chi connectivity index (χ3v) is 4.12. The van der Waals surface area contributed by atoms with Gasteiger partial charge in [-0.05, 0) is 42.9 Å². The highest BCUT2D eigenvalue weighted by Gasteiger charge is 2.31. The average molecular weight is 305 g/mol. The molecule has 1 fully saturated rings. The Balaban J connectivity index is 1.69. The number of rotatable bonds is 7. The van der Waals surface area contributed by atoms with E-state index in [-0.39, 0.29) is 12.1 Å². The maximum Gasteiger partial charge on any atom is 0.317 e. The van der Waals surface area contributed by atoms with Crippen LogP contribution in [0.4, 0.5) is 10.5 Å². The van der Waals surface area contributed by atoms with Crippen LogP contribution in [0.1, 0.15) is 18.4 Å². The molecule has 22 heavy (non-hydrogen) atoms. The van der Waals surface area contributed by atoms with Gasteiger partial charge < -0.3 is 20.2 Å². The molecule has 0 radical (unpaired) electrons. The Hall–Kier alpha value is -1.75. The molecule has 2 rings (SSSR count). The standard InChI is InChI=1S/C17H27N3O2/c1-19(2)15-8-4-13(5-9-15)10-11-18-17(22)20(3)12-16(21)14-6-7-14/h4-5,8-9,14,16,21H,6-7,10-12H2,1-3H3,(H,18,22). The number of amides is 2. The van der Waals surface area contributed by atoms with E-state index in [9.17, 15) is 9.90 Å². The highest BCUT2D eigenvalue weighted by atomic mass is 16.3. The van der Waals surface area contributed by atoms with Crippen molar-refractivity contribution in [1.29, 1.82) is 0 Å². The number of nitrogens with one attached hydrogen (secondary N) is 1. The van der Waals surface area contributed by atoms with Crippen LogP contribution in [0.5, 0.6) is 0 Å². The van der Waals surface area contributed by atoms with E-state index >= 15 is 0 Å². The zero-order chi connectivity index (χ0) is 16.1. The van der Waals surface area contributed by atoms with Gasteiger partial charge in [-0.25, -0.2) is 4.79 Å². The van der Waals surface area contributed by atoms with Gasteiger partial charge in [-0.3, -0.25) is 0 Å². The number of carbonyl (C=O) groups excluding carboxylic acids is 1. The van der Waals surface area contributed by atoms with E-state index in [1.54, 1.807) is 11.9 Å². The van der Waals surface area contributed by atoms with E-state index in [2.05, 4.69) is 34.5 Å². The van der Waals surface area contributed by atoms with Crippen molar-refractivity contribution < 1.29 is 9.90 Å². The van der Waals surface area contributed by atoms with E-state index in [1.807, 2.05) is 14.1 Å². The Morgan fingerprint density at radius 3 is 2.45 bits per heavy atom. The molecule has 0 spiro atoms.